The molecule has 2 N–H and O–H groups in total. The molecule has 8 nitrogen and oxygen atoms in total. The smallest absolute Gasteiger partial charge is 0.201 e. The van der Waals surface area contributed by atoms with Gasteiger partial charge in [0.05, 0.1) is 12.2 Å². The lowest BCUT2D eigenvalue weighted by Gasteiger charge is -2.12. The quantitative estimate of drug-likeness (QED) is 0.515. The van der Waals surface area contributed by atoms with Crippen LogP contribution in [0.15, 0.2) is 48.8 Å². The molecule has 0 aliphatic rings. The number of imidazole rings is 1. The number of aryl methyl sites for hydroxylation is 1. The van der Waals surface area contributed by atoms with Crippen LogP contribution in [0.25, 0.3) is 5.65 Å². The second-order valence-corrected chi connectivity index (χ2v) is 7.04. The van der Waals surface area contributed by atoms with E-state index < -0.39 is 0 Å². The number of aromatic nitrogens is 6. The summed E-state index contributed by atoms with van der Waals surface area (Å²) in [6.45, 7) is 5.45. The topological polar surface area (TPSA) is 85.0 Å². The zero-order chi connectivity index (χ0) is 19.5. The molecule has 0 aliphatic carbocycles. The molecule has 4 rings (SSSR count). The lowest BCUT2D eigenvalue weighted by atomic mass is 10.2. The molecule has 0 saturated heterocycles. The van der Waals surface area contributed by atoms with Crippen molar-refractivity contribution in [3.63, 3.8) is 0 Å². The van der Waals surface area contributed by atoms with Gasteiger partial charge in [0.15, 0.2) is 5.82 Å². The molecular weight excluding hydrogens is 352 g/mol. The van der Waals surface area contributed by atoms with E-state index in [9.17, 15) is 0 Å². The molecule has 8 heteroatoms. The van der Waals surface area contributed by atoms with Crippen LogP contribution in [0, 0.1) is 0 Å². The van der Waals surface area contributed by atoms with Crippen molar-refractivity contribution in [2.24, 2.45) is 7.05 Å². The lowest BCUT2D eigenvalue weighted by Crippen LogP contribution is -2.11. The Hall–Kier alpha value is -3.42. The van der Waals surface area contributed by atoms with Crippen molar-refractivity contribution in [3.8, 4) is 0 Å². The van der Waals surface area contributed by atoms with E-state index in [1.807, 2.05) is 46.6 Å². The molecule has 3 heterocycles. The van der Waals surface area contributed by atoms with Crippen LogP contribution in [-0.4, -0.2) is 29.4 Å². The number of nitrogens with zero attached hydrogens (tertiary/aromatic N) is 6. The Bertz CT molecular complexity index is 1060. The van der Waals surface area contributed by atoms with Crippen LogP contribution in [-0.2, 0) is 20.1 Å². The molecule has 0 bridgehead atoms. The molecule has 0 saturated carbocycles. The summed E-state index contributed by atoms with van der Waals surface area (Å²) in [7, 11) is 1.98. The Morgan fingerprint density at radius 2 is 1.86 bits per heavy atom. The minimum Gasteiger partial charge on any atom is -0.378 e. The van der Waals surface area contributed by atoms with E-state index >= 15 is 0 Å². The fourth-order valence-corrected chi connectivity index (χ4v) is 3.00. The fourth-order valence-electron chi connectivity index (χ4n) is 3.00. The van der Waals surface area contributed by atoms with Crippen molar-refractivity contribution in [1.82, 2.24) is 29.4 Å². The highest BCUT2D eigenvalue weighted by atomic mass is 15.4. The van der Waals surface area contributed by atoms with Crippen LogP contribution in [0.4, 0.5) is 11.5 Å². The monoisotopic (exact) mass is 376 g/mol. The maximum atomic E-state index is 4.70. The van der Waals surface area contributed by atoms with Crippen LogP contribution in [0.2, 0.25) is 0 Å². The minimum absolute atomic E-state index is 0.217. The number of hydrogen-bond donors (Lipinski definition) is 2. The Labute approximate surface area is 163 Å². The zero-order valence-corrected chi connectivity index (χ0v) is 16.3. The molecule has 28 heavy (non-hydrogen) atoms. The molecule has 0 radical (unpaired) electrons. The number of fused-ring (bicyclic) bond motifs is 1. The predicted octanol–water partition coefficient (Wildman–Crippen LogP) is 3.21. The normalized spacial score (nSPS) is 11.3. The number of hydrogen-bond acceptors (Lipinski definition) is 6. The maximum absolute atomic E-state index is 4.70. The first-order valence-corrected chi connectivity index (χ1v) is 9.36. The lowest BCUT2D eigenvalue weighted by molar-refractivity contribution is 0.720. The second kappa shape index (κ2) is 7.67. The molecule has 0 fully saturated rings. The van der Waals surface area contributed by atoms with Gasteiger partial charge < -0.3 is 15.2 Å². The summed E-state index contributed by atoms with van der Waals surface area (Å²) in [5, 5.41) is 20.2. The highest BCUT2D eigenvalue weighted by Crippen LogP contribution is 2.23. The van der Waals surface area contributed by atoms with Gasteiger partial charge in [-0.2, -0.15) is 4.52 Å². The van der Waals surface area contributed by atoms with Crippen LogP contribution < -0.4 is 10.6 Å². The Morgan fingerprint density at radius 3 is 2.57 bits per heavy atom. The van der Waals surface area contributed by atoms with Gasteiger partial charge in [-0.05, 0) is 5.56 Å². The predicted molar refractivity (Wildman–Crippen MR) is 109 cm³/mol. The third-order valence-corrected chi connectivity index (χ3v) is 4.59. The molecular formula is C20H24N8. The van der Waals surface area contributed by atoms with E-state index in [2.05, 4.69) is 51.8 Å². The molecule has 0 unspecified atom stereocenters. The van der Waals surface area contributed by atoms with Gasteiger partial charge >= 0.3 is 0 Å². The van der Waals surface area contributed by atoms with Crippen molar-refractivity contribution in [1.29, 1.82) is 0 Å². The summed E-state index contributed by atoms with van der Waals surface area (Å²) < 4.78 is 3.80. The largest absolute Gasteiger partial charge is 0.378 e. The van der Waals surface area contributed by atoms with E-state index in [0.717, 1.165) is 28.8 Å². The molecule has 0 aliphatic heterocycles. The summed E-state index contributed by atoms with van der Waals surface area (Å²) in [6, 6.07) is 12.2. The first-order valence-electron chi connectivity index (χ1n) is 9.36. The summed E-state index contributed by atoms with van der Waals surface area (Å²) in [5.74, 6) is 2.73. The fraction of sp³-hybridized carbons (Fsp3) is 0.300. The van der Waals surface area contributed by atoms with Gasteiger partial charge in [0.25, 0.3) is 0 Å². The number of anilines is 2. The highest BCUT2D eigenvalue weighted by molar-refractivity contribution is 5.70. The molecule has 0 atom stereocenters. The van der Waals surface area contributed by atoms with Gasteiger partial charge in [0.2, 0.25) is 5.65 Å². The molecule has 0 spiro atoms. The van der Waals surface area contributed by atoms with Crippen molar-refractivity contribution in [2.75, 3.05) is 10.6 Å². The van der Waals surface area contributed by atoms with Crippen LogP contribution in [0.1, 0.15) is 37.0 Å². The average molecular weight is 376 g/mol. The van der Waals surface area contributed by atoms with Gasteiger partial charge in [-0.15, -0.1) is 15.3 Å². The summed E-state index contributed by atoms with van der Waals surface area (Å²) >= 11 is 0. The number of nitrogens with one attached hydrogen (secondary N) is 2. The minimum atomic E-state index is 0.217. The van der Waals surface area contributed by atoms with Crippen molar-refractivity contribution >= 4 is 17.2 Å². The second-order valence-electron chi connectivity index (χ2n) is 7.04. The third kappa shape index (κ3) is 3.66. The van der Waals surface area contributed by atoms with E-state index in [-0.39, 0.29) is 5.92 Å². The van der Waals surface area contributed by atoms with Gasteiger partial charge in [0, 0.05) is 38.0 Å². The van der Waals surface area contributed by atoms with Gasteiger partial charge in [-0.3, -0.25) is 0 Å². The van der Waals surface area contributed by atoms with Crippen molar-refractivity contribution < 1.29 is 0 Å². The van der Waals surface area contributed by atoms with Crippen LogP contribution in [0.5, 0.6) is 0 Å². The van der Waals surface area contributed by atoms with E-state index in [4.69, 9.17) is 5.10 Å². The molecule has 1 aromatic carbocycles. The highest BCUT2D eigenvalue weighted by Gasteiger charge is 2.15. The summed E-state index contributed by atoms with van der Waals surface area (Å²) in [6.07, 6.45) is 3.72. The molecule has 0 amide bonds. The van der Waals surface area contributed by atoms with Crippen LogP contribution >= 0.6 is 0 Å². The number of benzene rings is 1. The van der Waals surface area contributed by atoms with Crippen molar-refractivity contribution in [3.05, 3.63) is 66.0 Å². The van der Waals surface area contributed by atoms with E-state index in [0.29, 0.717) is 13.1 Å². The summed E-state index contributed by atoms with van der Waals surface area (Å²) in [5.41, 5.74) is 2.81. The average Bonchev–Trinajstić information content (AvgIpc) is 3.31. The Morgan fingerprint density at radius 1 is 1.04 bits per heavy atom. The van der Waals surface area contributed by atoms with E-state index in [1.54, 1.807) is 6.20 Å². The van der Waals surface area contributed by atoms with Gasteiger partial charge in [-0.25, -0.2) is 4.98 Å². The van der Waals surface area contributed by atoms with Crippen LogP contribution in [0.3, 0.4) is 0 Å². The third-order valence-electron chi connectivity index (χ3n) is 4.59. The molecule has 3 aromatic heterocycles. The maximum Gasteiger partial charge on any atom is 0.201 e. The van der Waals surface area contributed by atoms with E-state index in [1.165, 1.54) is 5.56 Å². The Kier molecular flexibility index (Phi) is 4.92. The Balaban J connectivity index is 1.64. The summed E-state index contributed by atoms with van der Waals surface area (Å²) in [4.78, 5) is 4.35. The van der Waals surface area contributed by atoms with Gasteiger partial charge in [-0.1, -0.05) is 44.2 Å². The van der Waals surface area contributed by atoms with Crippen molar-refractivity contribution in [2.45, 2.75) is 32.9 Å². The number of rotatable bonds is 7. The first-order chi connectivity index (χ1) is 13.6. The SMILES string of the molecule is CC(C)c1nnc2c(NCc3ccccc3)cc(NCc3nccn3C)nn12. The standard InChI is InChI=1S/C20H24N8/c1-14(2)19-24-25-20-16(22-12-15-7-5-4-6-8-15)11-17(26-28(19)20)23-13-18-21-9-10-27(18)3/h4-11,14,22H,12-13H2,1-3H3,(H,23,26). The van der Waals surface area contributed by atoms with Gasteiger partial charge in [0.1, 0.15) is 11.6 Å². The molecule has 144 valence electrons. The molecule has 4 aromatic rings. The zero-order valence-electron chi connectivity index (χ0n) is 16.3. The first kappa shape index (κ1) is 18.0.